The summed E-state index contributed by atoms with van der Waals surface area (Å²) in [6.07, 6.45) is 0. The minimum Gasteiger partial charge on any atom is -0.456 e. The molecule has 14 aromatic carbocycles. The zero-order valence-electron chi connectivity index (χ0n) is 46.2. The molecule has 0 fully saturated rings. The van der Waals surface area contributed by atoms with Gasteiger partial charge in [0.1, 0.15) is 44.7 Å². The summed E-state index contributed by atoms with van der Waals surface area (Å²) in [7, 11) is 0. The number of hydrogen-bond acceptors (Lipinski definition) is 6. The van der Waals surface area contributed by atoms with Crippen molar-refractivity contribution in [2.75, 3.05) is 9.80 Å². The zero-order chi connectivity index (χ0) is 56.4. The Morgan fingerprint density at radius 1 is 0.186 bits per heavy atom. The molecule has 0 bridgehead atoms. The van der Waals surface area contributed by atoms with Crippen molar-refractivity contribution >= 4 is 143 Å². The van der Waals surface area contributed by atoms with E-state index in [1.54, 1.807) is 0 Å². The number of nitrogens with zero attached hydrogens (tertiary/aromatic N) is 2. The fourth-order valence-corrected chi connectivity index (χ4v) is 13.6. The fraction of sp³-hybridized carbons (Fsp3) is 0. The smallest absolute Gasteiger partial charge is 0.136 e. The molecule has 0 saturated heterocycles. The first-order chi connectivity index (χ1) is 42.6. The van der Waals surface area contributed by atoms with Crippen molar-refractivity contribution < 1.29 is 17.7 Å². The standard InChI is InChI=1S/C80H48N2O4/c1-4-17-50(18-5-1)58-25-10-13-28-67(58)82(54-22-8-3-9-23-54)57-36-41-71-66(47-57)78-63-39-44-74-80(62-27-12-15-30-69(62)84-74)79(63)64(48-75(78)86-71)51-33-31-49(32-34-51)52-19-16-24-55(45-52)81(53-20-6-2-7-21-53)56-35-40-70-65(46-56)77-60-38-42-72-76(59(60)37-43-73(77)85-70)61-26-11-14-29-68(61)83-72/h1-48H. The van der Waals surface area contributed by atoms with E-state index in [4.69, 9.17) is 17.7 Å². The second kappa shape index (κ2) is 19.0. The maximum Gasteiger partial charge on any atom is 0.136 e. The Morgan fingerprint density at radius 3 is 1.28 bits per heavy atom. The van der Waals surface area contributed by atoms with Gasteiger partial charge in [-0.1, -0.05) is 158 Å². The summed E-state index contributed by atoms with van der Waals surface area (Å²) >= 11 is 0. The largest absolute Gasteiger partial charge is 0.456 e. The van der Waals surface area contributed by atoms with E-state index in [0.29, 0.717) is 0 Å². The highest BCUT2D eigenvalue weighted by atomic mass is 16.3. The van der Waals surface area contributed by atoms with Gasteiger partial charge in [0.15, 0.2) is 0 Å². The van der Waals surface area contributed by atoms with Gasteiger partial charge in [-0.25, -0.2) is 0 Å². The number of anilines is 6. The number of para-hydroxylation sites is 5. The number of hydrogen-bond donors (Lipinski definition) is 0. The van der Waals surface area contributed by atoms with Crippen LogP contribution in [0.5, 0.6) is 0 Å². The SMILES string of the molecule is c1ccc(-c2ccccc2N(c2ccccc2)c2ccc3oc4cc(-c5ccc(-c6cccc(N(c7ccccc7)c7ccc8oc9ccc%10c(ccc%11oc%12ccccc%12c%11%10)c9c8c7)c6)cc5)c5c(ccc6oc7ccccc7c65)c4c3c2)cc1. The number of rotatable bonds is 9. The van der Waals surface area contributed by atoms with Crippen molar-refractivity contribution in [3.63, 3.8) is 0 Å². The van der Waals surface area contributed by atoms with Crippen LogP contribution in [-0.2, 0) is 0 Å². The predicted octanol–water partition coefficient (Wildman–Crippen LogP) is 23.5. The third-order valence-electron chi connectivity index (χ3n) is 17.4. The predicted molar refractivity (Wildman–Crippen MR) is 356 cm³/mol. The van der Waals surface area contributed by atoms with E-state index in [0.717, 1.165) is 177 Å². The monoisotopic (exact) mass is 1100 g/mol. The minimum absolute atomic E-state index is 0.819. The first kappa shape index (κ1) is 48.0. The van der Waals surface area contributed by atoms with E-state index in [1.807, 2.05) is 18.2 Å². The third kappa shape index (κ3) is 7.46. The summed E-state index contributed by atoms with van der Waals surface area (Å²) in [5.41, 5.74) is 19.7. The number of fused-ring (bicyclic) bond motifs is 18. The maximum atomic E-state index is 6.97. The maximum absolute atomic E-state index is 6.97. The van der Waals surface area contributed by atoms with E-state index in [-0.39, 0.29) is 0 Å². The summed E-state index contributed by atoms with van der Waals surface area (Å²) < 4.78 is 26.5. The molecule has 18 rings (SSSR count). The van der Waals surface area contributed by atoms with Crippen LogP contribution in [-0.4, -0.2) is 0 Å². The van der Waals surface area contributed by atoms with E-state index < -0.39 is 0 Å². The molecule has 4 aromatic heterocycles. The molecule has 0 radical (unpaired) electrons. The quantitative estimate of drug-likeness (QED) is 0.144. The molecule has 0 amide bonds. The van der Waals surface area contributed by atoms with Crippen LogP contribution in [0.25, 0.3) is 143 Å². The minimum atomic E-state index is 0.819. The summed E-state index contributed by atoms with van der Waals surface area (Å²) in [5.74, 6) is 0. The molecule has 0 saturated carbocycles. The first-order valence-corrected chi connectivity index (χ1v) is 29.1. The van der Waals surface area contributed by atoms with Crippen molar-refractivity contribution in [2.45, 2.75) is 0 Å². The van der Waals surface area contributed by atoms with Gasteiger partial charge in [0.25, 0.3) is 0 Å². The zero-order valence-corrected chi connectivity index (χ0v) is 46.2. The third-order valence-corrected chi connectivity index (χ3v) is 17.4. The highest BCUT2D eigenvalue weighted by molar-refractivity contribution is 6.32. The second-order valence-electron chi connectivity index (χ2n) is 22.2. The van der Waals surface area contributed by atoms with E-state index in [2.05, 4.69) is 283 Å². The van der Waals surface area contributed by atoms with Gasteiger partial charge < -0.3 is 27.5 Å². The van der Waals surface area contributed by atoms with Gasteiger partial charge in [0.2, 0.25) is 0 Å². The highest BCUT2D eigenvalue weighted by Gasteiger charge is 2.24. The molecule has 0 aliphatic carbocycles. The van der Waals surface area contributed by atoms with Crippen LogP contribution in [0.3, 0.4) is 0 Å². The van der Waals surface area contributed by atoms with Crippen LogP contribution in [0.1, 0.15) is 0 Å². The van der Waals surface area contributed by atoms with Crippen molar-refractivity contribution in [1.82, 2.24) is 0 Å². The molecule has 0 aliphatic heterocycles. The molecule has 0 N–H and O–H groups in total. The lowest BCUT2D eigenvalue weighted by molar-refractivity contribution is 0.668. The van der Waals surface area contributed by atoms with E-state index >= 15 is 0 Å². The Hall–Kier alpha value is -11.6. The molecule has 402 valence electrons. The molecular weight excluding hydrogens is 1050 g/mol. The molecular formula is C80H48N2O4. The van der Waals surface area contributed by atoms with Crippen molar-refractivity contribution in [1.29, 1.82) is 0 Å². The fourth-order valence-electron chi connectivity index (χ4n) is 13.6. The van der Waals surface area contributed by atoms with Crippen molar-refractivity contribution in [3.05, 3.63) is 291 Å². The van der Waals surface area contributed by atoms with Crippen molar-refractivity contribution in [3.8, 4) is 33.4 Å². The summed E-state index contributed by atoms with van der Waals surface area (Å²) in [6.45, 7) is 0. The Morgan fingerprint density at radius 2 is 0.616 bits per heavy atom. The molecule has 6 nitrogen and oxygen atoms in total. The second-order valence-corrected chi connectivity index (χ2v) is 22.2. The van der Waals surface area contributed by atoms with Crippen LogP contribution in [0.2, 0.25) is 0 Å². The Kier molecular flexibility index (Phi) is 10.6. The Balaban J connectivity index is 0.765. The average molecular weight is 1100 g/mol. The van der Waals surface area contributed by atoms with Gasteiger partial charge in [-0.05, 0) is 177 Å². The lowest BCUT2D eigenvalue weighted by atomic mass is 9.91. The van der Waals surface area contributed by atoms with Gasteiger partial charge in [-0.3, -0.25) is 0 Å². The Bertz CT molecular complexity index is 5720. The molecule has 18 aromatic rings. The summed E-state index contributed by atoms with van der Waals surface area (Å²) in [6, 6.07) is 103. The van der Waals surface area contributed by atoms with Crippen LogP contribution in [0.15, 0.2) is 309 Å². The molecule has 0 spiro atoms. The molecule has 0 atom stereocenters. The lowest BCUT2D eigenvalue weighted by Gasteiger charge is -2.28. The van der Waals surface area contributed by atoms with Crippen LogP contribution in [0.4, 0.5) is 34.1 Å². The lowest BCUT2D eigenvalue weighted by Crippen LogP contribution is -2.11. The van der Waals surface area contributed by atoms with Crippen LogP contribution >= 0.6 is 0 Å². The van der Waals surface area contributed by atoms with Gasteiger partial charge in [0.05, 0.1) is 5.69 Å². The molecule has 6 heteroatoms. The molecule has 0 unspecified atom stereocenters. The first-order valence-electron chi connectivity index (χ1n) is 29.1. The number of furan rings is 4. The average Bonchev–Trinajstić information content (AvgIpc) is 2.01. The number of benzene rings is 14. The van der Waals surface area contributed by atoms with Gasteiger partial charge in [-0.15, -0.1) is 0 Å². The van der Waals surface area contributed by atoms with Crippen LogP contribution < -0.4 is 9.80 Å². The summed E-state index contributed by atoms with van der Waals surface area (Å²) in [5, 5.41) is 13.1. The van der Waals surface area contributed by atoms with E-state index in [9.17, 15) is 0 Å². The topological polar surface area (TPSA) is 59.0 Å². The van der Waals surface area contributed by atoms with Crippen LogP contribution in [0, 0.1) is 0 Å². The van der Waals surface area contributed by atoms with Gasteiger partial charge >= 0.3 is 0 Å². The van der Waals surface area contributed by atoms with Gasteiger partial charge in [-0.2, -0.15) is 0 Å². The van der Waals surface area contributed by atoms with Gasteiger partial charge in [0, 0.05) is 82.5 Å². The normalized spacial score (nSPS) is 12.0. The summed E-state index contributed by atoms with van der Waals surface area (Å²) in [4.78, 5) is 4.70. The Labute approximate surface area is 492 Å². The highest BCUT2D eigenvalue weighted by Crippen LogP contribution is 2.49. The molecule has 0 aliphatic rings. The van der Waals surface area contributed by atoms with Crippen molar-refractivity contribution in [2.24, 2.45) is 0 Å². The van der Waals surface area contributed by atoms with E-state index in [1.165, 1.54) is 0 Å². The molecule has 4 heterocycles. The molecule has 86 heavy (non-hydrogen) atoms.